The van der Waals surface area contributed by atoms with Gasteiger partial charge in [-0.3, -0.25) is 9.63 Å². The molecule has 0 spiro atoms. The van der Waals surface area contributed by atoms with E-state index in [0.29, 0.717) is 18.1 Å². The molecule has 0 aromatic heterocycles. The first kappa shape index (κ1) is 13.1. The fourth-order valence-corrected chi connectivity index (χ4v) is 2.12. The Balaban J connectivity index is 1.74. The minimum absolute atomic E-state index is 0.173. The molecule has 0 bridgehead atoms. The second kappa shape index (κ2) is 6.52. The molecule has 1 aliphatic rings. The van der Waals surface area contributed by atoms with Crippen molar-refractivity contribution in [3.05, 3.63) is 35.4 Å². The van der Waals surface area contributed by atoms with E-state index in [2.05, 4.69) is 10.8 Å². The summed E-state index contributed by atoms with van der Waals surface area (Å²) in [4.78, 5) is 17.1. The van der Waals surface area contributed by atoms with E-state index in [1.54, 1.807) is 6.07 Å². The lowest BCUT2D eigenvalue weighted by Crippen LogP contribution is -2.33. The Morgan fingerprint density at radius 3 is 2.94 bits per heavy atom. The lowest BCUT2D eigenvalue weighted by Gasteiger charge is -2.22. The summed E-state index contributed by atoms with van der Waals surface area (Å²) < 4.78 is 0. The van der Waals surface area contributed by atoms with Gasteiger partial charge in [0, 0.05) is 5.56 Å². The van der Waals surface area contributed by atoms with Crippen molar-refractivity contribution >= 4 is 5.91 Å². The number of hydrogen-bond donors (Lipinski definition) is 2. The maximum Gasteiger partial charge on any atom is 0.274 e. The van der Waals surface area contributed by atoms with Gasteiger partial charge in [-0.25, -0.2) is 5.48 Å². The Kier molecular flexibility index (Phi) is 4.73. The molecule has 0 atom stereocenters. The monoisotopic (exact) mass is 248 g/mol. The predicted octanol–water partition coefficient (Wildman–Crippen LogP) is 1.66. The Hall–Kier alpha value is -1.39. The average molecular weight is 248 g/mol. The summed E-state index contributed by atoms with van der Waals surface area (Å²) in [7, 11) is 0. The van der Waals surface area contributed by atoms with Crippen LogP contribution in [0.1, 0.15) is 28.8 Å². The van der Waals surface area contributed by atoms with Gasteiger partial charge in [-0.1, -0.05) is 17.7 Å². The molecule has 1 amide bonds. The van der Waals surface area contributed by atoms with E-state index in [0.717, 1.165) is 31.5 Å². The average Bonchev–Trinajstić information content (AvgIpc) is 2.40. The van der Waals surface area contributed by atoms with Crippen LogP contribution in [0.2, 0.25) is 0 Å². The van der Waals surface area contributed by atoms with Crippen molar-refractivity contribution in [2.75, 3.05) is 19.7 Å². The van der Waals surface area contributed by atoms with E-state index in [1.165, 1.54) is 0 Å². The highest BCUT2D eigenvalue weighted by atomic mass is 16.6. The molecule has 1 heterocycles. The number of hydroxylamine groups is 1. The quantitative estimate of drug-likeness (QED) is 0.797. The maximum atomic E-state index is 11.8. The van der Waals surface area contributed by atoms with Gasteiger partial charge >= 0.3 is 0 Å². The molecule has 2 rings (SSSR count). The zero-order chi connectivity index (χ0) is 12.8. The Morgan fingerprint density at radius 1 is 1.44 bits per heavy atom. The summed E-state index contributed by atoms with van der Waals surface area (Å²) in [5.41, 5.74) is 4.22. The molecule has 0 aliphatic carbocycles. The van der Waals surface area contributed by atoms with Crippen molar-refractivity contribution in [1.82, 2.24) is 10.8 Å². The van der Waals surface area contributed by atoms with Crippen molar-refractivity contribution in [1.29, 1.82) is 0 Å². The summed E-state index contributed by atoms with van der Waals surface area (Å²) in [6.07, 6.45) is 2.22. The summed E-state index contributed by atoms with van der Waals surface area (Å²) in [5.74, 6) is 0.372. The van der Waals surface area contributed by atoms with Crippen LogP contribution in [0.4, 0.5) is 0 Å². The number of amides is 1. The summed E-state index contributed by atoms with van der Waals surface area (Å²) >= 11 is 0. The number of carbonyl (C=O) groups is 1. The van der Waals surface area contributed by atoms with Crippen LogP contribution in [-0.2, 0) is 4.84 Å². The molecule has 0 radical (unpaired) electrons. The van der Waals surface area contributed by atoms with Crippen LogP contribution < -0.4 is 10.8 Å². The third-order valence-electron chi connectivity index (χ3n) is 3.22. The van der Waals surface area contributed by atoms with Gasteiger partial charge in [-0.05, 0) is 50.9 Å². The number of piperidine rings is 1. The number of carbonyl (C=O) groups excluding carboxylic acids is 1. The minimum atomic E-state index is -0.173. The smallest absolute Gasteiger partial charge is 0.274 e. The second-order valence-corrected chi connectivity index (χ2v) is 4.81. The van der Waals surface area contributed by atoms with Crippen LogP contribution in [0.15, 0.2) is 24.3 Å². The van der Waals surface area contributed by atoms with E-state index in [-0.39, 0.29) is 5.91 Å². The van der Waals surface area contributed by atoms with Gasteiger partial charge < -0.3 is 5.32 Å². The molecule has 4 heteroatoms. The van der Waals surface area contributed by atoms with Crippen LogP contribution in [0.3, 0.4) is 0 Å². The van der Waals surface area contributed by atoms with Crippen molar-refractivity contribution in [3.8, 4) is 0 Å². The fraction of sp³-hybridized carbons (Fsp3) is 0.500. The zero-order valence-corrected chi connectivity index (χ0v) is 10.7. The molecule has 1 aliphatic heterocycles. The number of aryl methyl sites for hydroxylation is 1. The van der Waals surface area contributed by atoms with E-state index >= 15 is 0 Å². The highest BCUT2D eigenvalue weighted by molar-refractivity contribution is 5.93. The molecular formula is C14H20N2O2. The van der Waals surface area contributed by atoms with Crippen molar-refractivity contribution in [2.45, 2.75) is 19.8 Å². The Morgan fingerprint density at radius 2 is 2.22 bits per heavy atom. The summed E-state index contributed by atoms with van der Waals surface area (Å²) in [6.45, 7) is 4.64. The number of benzene rings is 1. The molecule has 18 heavy (non-hydrogen) atoms. The molecule has 1 fully saturated rings. The van der Waals surface area contributed by atoms with E-state index in [1.807, 2.05) is 25.1 Å². The predicted molar refractivity (Wildman–Crippen MR) is 70.2 cm³/mol. The largest absolute Gasteiger partial charge is 0.317 e. The van der Waals surface area contributed by atoms with Crippen LogP contribution in [0.25, 0.3) is 0 Å². The molecule has 1 aromatic rings. The third kappa shape index (κ3) is 3.82. The van der Waals surface area contributed by atoms with Crippen LogP contribution in [0, 0.1) is 12.8 Å². The normalized spacial score (nSPS) is 16.5. The van der Waals surface area contributed by atoms with E-state index < -0.39 is 0 Å². The van der Waals surface area contributed by atoms with Gasteiger partial charge in [0.15, 0.2) is 0 Å². The highest BCUT2D eigenvalue weighted by Gasteiger charge is 2.14. The molecule has 1 aromatic carbocycles. The molecule has 2 N–H and O–H groups in total. The number of rotatable bonds is 4. The van der Waals surface area contributed by atoms with Gasteiger partial charge in [0.1, 0.15) is 0 Å². The topological polar surface area (TPSA) is 50.4 Å². The van der Waals surface area contributed by atoms with Gasteiger partial charge in [0.2, 0.25) is 0 Å². The van der Waals surface area contributed by atoms with Gasteiger partial charge in [0.25, 0.3) is 5.91 Å². The van der Waals surface area contributed by atoms with E-state index in [9.17, 15) is 4.79 Å². The lowest BCUT2D eigenvalue weighted by atomic mass is 10.00. The molecule has 0 saturated carbocycles. The second-order valence-electron chi connectivity index (χ2n) is 4.81. The van der Waals surface area contributed by atoms with Crippen molar-refractivity contribution in [3.63, 3.8) is 0 Å². The van der Waals surface area contributed by atoms with Crippen LogP contribution in [0.5, 0.6) is 0 Å². The Labute approximate surface area is 108 Å². The highest BCUT2D eigenvalue weighted by Crippen LogP contribution is 2.11. The molecular weight excluding hydrogens is 228 g/mol. The molecule has 98 valence electrons. The van der Waals surface area contributed by atoms with Gasteiger partial charge in [-0.2, -0.15) is 0 Å². The molecule has 0 unspecified atom stereocenters. The van der Waals surface area contributed by atoms with Crippen LogP contribution in [-0.4, -0.2) is 25.6 Å². The standard InChI is InChI=1S/C14H20N2O2/c1-11-3-2-4-13(9-11)14(17)16-18-10-12-5-7-15-8-6-12/h2-4,9,12,15H,5-8,10H2,1H3,(H,16,17). The molecule has 1 saturated heterocycles. The van der Waals surface area contributed by atoms with Gasteiger partial charge in [-0.15, -0.1) is 0 Å². The first-order chi connectivity index (χ1) is 8.75. The third-order valence-corrected chi connectivity index (χ3v) is 3.22. The first-order valence-corrected chi connectivity index (χ1v) is 6.45. The SMILES string of the molecule is Cc1cccc(C(=O)NOCC2CCNCC2)c1. The fourth-order valence-electron chi connectivity index (χ4n) is 2.12. The van der Waals surface area contributed by atoms with Crippen molar-refractivity contribution < 1.29 is 9.63 Å². The number of nitrogens with one attached hydrogen (secondary N) is 2. The minimum Gasteiger partial charge on any atom is -0.317 e. The summed E-state index contributed by atoms with van der Waals surface area (Å²) in [6, 6.07) is 7.48. The maximum absolute atomic E-state index is 11.8. The lowest BCUT2D eigenvalue weighted by molar-refractivity contribution is 0.0118. The zero-order valence-electron chi connectivity index (χ0n) is 10.7. The van der Waals surface area contributed by atoms with Crippen molar-refractivity contribution in [2.24, 2.45) is 5.92 Å². The molecule has 4 nitrogen and oxygen atoms in total. The van der Waals surface area contributed by atoms with E-state index in [4.69, 9.17) is 4.84 Å². The van der Waals surface area contributed by atoms with Crippen LogP contribution >= 0.6 is 0 Å². The van der Waals surface area contributed by atoms with Gasteiger partial charge in [0.05, 0.1) is 6.61 Å². The Bertz CT molecular complexity index is 401. The summed E-state index contributed by atoms with van der Waals surface area (Å²) in [5, 5.41) is 3.30. The first-order valence-electron chi connectivity index (χ1n) is 6.45. The number of hydrogen-bond acceptors (Lipinski definition) is 3.